The second-order valence-corrected chi connectivity index (χ2v) is 3.62. The molecule has 5 nitrogen and oxygen atoms in total. The van der Waals surface area contributed by atoms with Crippen molar-refractivity contribution in [2.24, 2.45) is 0 Å². The molecule has 1 rings (SSSR count). The summed E-state index contributed by atoms with van der Waals surface area (Å²) >= 11 is 7.39. The SMILES string of the molecule is PO[C@H]1[C@H](OS)C(OS)OC[C@H]1OP. The van der Waals surface area contributed by atoms with Crippen molar-refractivity contribution >= 4 is 44.8 Å². The summed E-state index contributed by atoms with van der Waals surface area (Å²) in [5.74, 6) is 0. The number of hydrogen-bond acceptors (Lipinski definition) is 7. The zero-order valence-corrected chi connectivity index (χ0v) is 11.2. The number of thiol groups is 2. The van der Waals surface area contributed by atoms with Crippen molar-refractivity contribution in [1.82, 2.24) is 0 Å². The second kappa shape index (κ2) is 6.84. The standard InChI is InChI=1S/C5H12O5P2S2/c11-7-2-1-6-5(10-14)4(9-13)3(2)8-12/h2-5,13-14H,1,11-12H2/t2-,3-,4+,5?/m1/s1. The van der Waals surface area contributed by atoms with Crippen LogP contribution >= 0.6 is 44.8 Å². The molecule has 0 amide bonds. The topological polar surface area (TPSA) is 46.2 Å². The molecule has 0 aromatic heterocycles. The van der Waals surface area contributed by atoms with Crippen molar-refractivity contribution in [1.29, 1.82) is 0 Å². The Labute approximate surface area is 98.3 Å². The van der Waals surface area contributed by atoms with Crippen molar-refractivity contribution in [3.05, 3.63) is 0 Å². The fraction of sp³-hybridized carbons (Fsp3) is 1.00. The average Bonchev–Trinajstić information content (AvgIpc) is 2.26. The van der Waals surface area contributed by atoms with Crippen molar-refractivity contribution in [2.45, 2.75) is 24.6 Å². The van der Waals surface area contributed by atoms with Crippen LogP contribution in [0.15, 0.2) is 0 Å². The molecule has 1 saturated heterocycles. The first kappa shape index (κ1) is 13.4. The summed E-state index contributed by atoms with van der Waals surface area (Å²) in [6, 6.07) is 0. The van der Waals surface area contributed by atoms with Crippen LogP contribution in [0.5, 0.6) is 0 Å². The normalized spacial score (nSPS) is 38.6. The molecular formula is C5H12O5P2S2. The predicted molar refractivity (Wildman–Crippen MR) is 62.8 cm³/mol. The van der Waals surface area contributed by atoms with Gasteiger partial charge in [-0.1, -0.05) is 0 Å². The van der Waals surface area contributed by atoms with Gasteiger partial charge in [-0.3, -0.25) is 4.18 Å². The van der Waals surface area contributed by atoms with Gasteiger partial charge in [0.2, 0.25) is 0 Å². The van der Waals surface area contributed by atoms with Crippen LogP contribution in [0.1, 0.15) is 0 Å². The Morgan fingerprint density at radius 1 is 1.07 bits per heavy atom. The quantitative estimate of drug-likeness (QED) is 0.452. The minimum atomic E-state index is -0.627. The number of rotatable bonds is 4. The van der Waals surface area contributed by atoms with Gasteiger partial charge in [0, 0.05) is 18.9 Å². The summed E-state index contributed by atoms with van der Waals surface area (Å²) in [5.41, 5.74) is 0. The first-order valence-corrected chi connectivity index (χ1v) is 5.39. The summed E-state index contributed by atoms with van der Waals surface area (Å²) in [5, 5.41) is 0. The lowest BCUT2D eigenvalue weighted by Gasteiger charge is -2.38. The fourth-order valence-electron chi connectivity index (χ4n) is 1.23. The molecule has 1 heterocycles. The van der Waals surface area contributed by atoms with Crippen molar-refractivity contribution in [3.63, 3.8) is 0 Å². The van der Waals surface area contributed by atoms with Gasteiger partial charge in [0.15, 0.2) is 12.4 Å². The third-order valence-electron chi connectivity index (χ3n) is 1.94. The minimum Gasteiger partial charge on any atom is -0.357 e. The summed E-state index contributed by atoms with van der Waals surface area (Å²) < 4.78 is 25.1. The first-order valence-electron chi connectivity index (χ1n) is 3.71. The molecule has 0 N–H and O–H groups in total. The van der Waals surface area contributed by atoms with E-state index in [-0.39, 0.29) is 12.2 Å². The van der Waals surface area contributed by atoms with Crippen LogP contribution in [0.25, 0.3) is 0 Å². The van der Waals surface area contributed by atoms with E-state index < -0.39 is 12.4 Å². The van der Waals surface area contributed by atoms with Gasteiger partial charge in [-0.25, -0.2) is 0 Å². The molecular weight excluding hydrogens is 266 g/mol. The van der Waals surface area contributed by atoms with Crippen LogP contribution < -0.4 is 0 Å². The lowest BCUT2D eigenvalue weighted by molar-refractivity contribution is -0.211. The predicted octanol–water partition coefficient (Wildman–Crippen LogP) is 0.785. The van der Waals surface area contributed by atoms with E-state index in [1.54, 1.807) is 0 Å². The Balaban J connectivity index is 2.67. The molecule has 0 saturated carbocycles. The minimum absolute atomic E-state index is 0.255. The molecule has 3 unspecified atom stereocenters. The Morgan fingerprint density at radius 2 is 1.79 bits per heavy atom. The van der Waals surface area contributed by atoms with Crippen molar-refractivity contribution in [2.75, 3.05) is 6.61 Å². The van der Waals surface area contributed by atoms with E-state index in [0.717, 1.165) is 0 Å². The van der Waals surface area contributed by atoms with Crippen LogP contribution in [-0.4, -0.2) is 31.2 Å². The highest BCUT2D eigenvalue weighted by atomic mass is 32.1. The molecule has 0 aromatic carbocycles. The van der Waals surface area contributed by atoms with Crippen LogP contribution in [-0.2, 0) is 22.2 Å². The van der Waals surface area contributed by atoms with E-state index in [1.165, 1.54) is 0 Å². The van der Waals surface area contributed by atoms with E-state index in [4.69, 9.17) is 22.2 Å². The Hall–Kier alpha value is 1.36. The molecule has 0 spiro atoms. The van der Waals surface area contributed by atoms with E-state index in [1.807, 2.05) is 0 Å². The van der Waals surface area contributed by atoms with E-state index in [9.17, 15) is 0 Å². The van der Waals surface area contributed by atoms with Crippen molar-refractivity contribution in [3.8, 4) is 0 Å². The lowest BCUT2D eigenvalue weighted by atomic mass is 10.1. The maximum Gasteiger partial charge on any atom is 0.200 e. The van der Waals surface area contributed by atoms with Gasteiger partial charge < -0.3 is 18.0 Å². The molecule has 0 aromatic rings. The van der Waals surface area contributed by atoms with E-state index in [2.05, 4.69) is 44.8 Å². The van der Waals surface area contributed by atoms with Crippen LogP contribution in [0.2, 0.25) is 0 Å². The highest BCUT2D eigenvalue weighted by Gasteiger charge is 2.42. The third-order valence-corrected chi connectivity index (χ3v) is 3.06. The molecule has 9 heteroatoms. The summed E-state index contributed by atoms with van der Waals surface area (Å²) in [4.78, 5) is 0. The van der Waals surface area contributed by atoms with E-state index >= 15 is 0 Å². The zero-order valence-electron chi connectivity index (χ0n) is 7.11. The van der Waals surface area contributed by atoms with Crippen LogP contribution in [0, 0.1) is 0 Å². The number of ether oxygens (including phenoxy) is 1. The van der Waals surface area contributed by atoms with Gasteiger partial charge in [-0.05, 0) is 25.8 Å². The molecule has 6 atom stereocenters. The smallest absolute Gasteiger partial charge is 0.200 e. The average molecular weight is 278 g/mol. The first-order chi connectivity index (χ1) is 6.78. The molecule has 14 heavy (non-hydrogen) atoms. The highest BCUT2D eigenvalue weighted by Crippen LogP contribution is 2.27. The van der Waals surface area contributed by atoms with Gasteiger partial charge in [-0.15, -0.1) is 0 Å². The van der Waals surface area contributed by atoms with Crippen molar-refractivity contribution < 1.29 is 22.2 Å². The summed E-state index contributed by atoms with van der Waals surface area (Å²) in [6.07, 6.45) is -1.74. The summed E-state index contributed by atoms with van der Waals surface area (Å²) in [7, 11) is 4.30. The van der Waals surface area contributed by atoms with Crippen LogP contribution in [0.4, 0.5) is 0 Å². The Kier molecular flexibility index (Phi) is 6.56. The van der Waals surface area contributed by atoms with Gasteiger partial charge in [0.05, 0.1) is 6.61 Å². The molecule has 0 bridgehead atoms. The lowest BCUT2D eigenvalue weighted by Crippen LogP contribution is -2.53. The molecule has 1 aliphatic heterocycles. The fourth-order valence-corrected chi connectivity index (χ4v) is 2.19. The Morgan fingerprint density at radius 3 is 2.21 bits per heavy atom. The van der Waals surface area contributed by atoms with Crippen LogP contribution in [0.3, 0.4) is 0 Å². The maximum atomic E-state index is 5.27. The molecule has 0 radical (unpaired) electrons. The maximum absolute atomic E-state index is 5.27. The van der Waals surface area contributed by atoms with E-state index in [0.29, 0.717) is 6.61 Å². The monoisotopic (exact) mass is 278 g/mol. The molecule has 1 aliphatic rings. The van der Waals surface area contributed by atoms with Gasteiger partial charge in [0.1, 0.15) is 12.2 Å². The molecule has 1 fully saturated rings. The largest absolute Gasteiger partial charge is 0.357 e. The summed E-state index contributed by atoms with van der Waals surface area (Å²) in [6.45, 7) is 0.335. The van der Waals surface area contributed by atoms with Gasteiger partial charge in [-0.2, -0.15) is 0 Å². The Bertz CT molecular complexity index is 158. The molecule has 84 valence electrons. The van der Waals surface area contributed by atoms with Gasteiger partial charge >= 0.3 is 0 Å². The molecule has 0 aliphatic carbocycles. The third kappa shape index (κ3) is 2.94. The van der Waals surface area contributed by atoms with Gasteiger partial charge in [0.25, 0.3) is 0 Å². The highest BCUT2D eigenvalue weighted by molar-refractivity contribution is 7.75. The zero-order chi connectivity index (χ0) is 10.6. The second-order valence-electron chi connectivity index (χ2n) is 2.65. The number of hydrogen-bond donors (Lipinski definition) is 2.